The molecule has 16 heavy (non-hydrogen) atoms. The molecule has 6 heteroatoms. The van der Waals surface area contributed by atoms with E-state index in [1.54, 1.807) is 0 Å². The smallest absolute Gasteiger partial charge is 0.246 e. The fourth-order valence-electron chi connectivity index (χ4n) is 1.53. The van der Waals surface area contributed by atoms with Gasteiger partial charge < -0.3 is 0 Å². The number of hydrogen-bond donors (Lipinski definition) is 4. The number of carbonyl (C=O) groups is 2. The lowest BCUT2D eigenvalue weighted by Gasteiger charge is -2.12. The van der Waals surface area contributed by atoms with Crippen LogP contribution in [-0.2, 0) is 9.59 Å². The fraction of sp³-hybridized carbons (Fsp3) is 0.800. The van der Waals surface area contributed by atoms with Crippen molar-refractivity contribution >= 4 is 11.8 Å². The van der Waals surface area contributed by atoms with Crippen LogP contribution in [-0.4, -0.2) is 11.8 Å². The Morgan fingerprint density at radius 3 is 1.94 bits per heavy atom. The van der Waals surface area contributed by atoms with Gasteiger partial charge in [-0.15, -0.1) is 0 Å². The standard InChI is InChI=1S/C10H22N4O2/c1-2-3-4-5-6-7-8(9(15)13-11)10(16)14-12/h8H,2-7,11-12H2,1H3,(H,13,15)(H,14,16). The Labute approximate surface area is 96.1 Å². The molecule has 0 bridgehead atoms. The van der Waals surface area contributed by atoms with Gasteiger partial charge in [0.15, 0.2) is 0 Å². The molecule has 0 unspecified atom stereocenters. The monoisotopic (exact) mass is 230 g/mol. The van der Waals surface area contributed by atoms with Gasteiger partial charge in [-0.3, -0.25) is 20.4 Å². The van der Waals surface area contributed by atoms with E-state index in [0.29, 0.717) is 6.42 Å². The van der Waals surface area contributed by atoms with E-state index in [4.69, 9.17) is 11.7 Å². The molecule has 0 aromatic heterocycles. The number of nitrogens with two attached hydrogens (primary N) is 2. The Kier molecular flexibility index (Phi) is 8.46. The first-order chi connectivity index (χ1) is 7.67. The number of carbonyl (C=O) groups excluding carboxylic acids is 2. The van der Waals surface area contributed by atoms with Crippen molar-refractivity contribution < 1.29 is 9.59 Å². The van der Waals surface area contributed by atoms with E-state index >= 15 is 0 Å². The third-order valence-electron chi connectivity index (χ3n) is 2.51. The first-order valence-corrected chi connectivity index (χ1v) is 5.68. The third-order valence-corrected chi connectivity index (χ3v) is 2.51. The Bertz CT molecular complexity index is 205. The first kappa shape index (κ1) is 14.9. The van der Waals surface area contributed by atoms with Gasteiger partial charge in [0.05, 0.1) is 0 Å². The molecule has 0 fully saturated rings. The van der Waals surface area contributed by atoms with Crippen molar-refractivity contribution in [3.05, 3.63) is 0 Å². The molecular weight excluding hydrogens is 208 g/mol. The maximum absolute atomic E-state index is 11.3. The minimum Gasteiger partial charge on any atom is -0.294 e. The van der Waals surface area contributed by atoms with Gasteiger partial charge in [-0.25, -0.2) is 11.7 Å². The van der Waals surface area contributed by atoms with E-state index < -0.39 is 17.7 Å². The van der Waals surface area contributed by atoms with Crippen LogP contribution in [0.1, 0.15) is 45.4 Å². The highest BCUT2D eigenvalue weighted by Crippen LogP contribution is 2.12. The van der Waals surface area contributed by atoms with Crippen molar-refractivity contribution in [2.45, 2.75) is 45.4 Å². The maximum atomic E-state index is 11.3. The van der Waals surface area contributed by atoms with Crippen LogP contribution in [0.3, 0.4) is 0 Å². The summed E-state index contributed by atoms with van der Waals surface area (Å²) in [6, 6.07) is 0. The summed E-state index contributed by atoms with van der Waals surface area (Å²) < 4.78 is 0. The lowest BCUT2D eigenvalue weighted by molar-refractivity contribution is -0.135. The summed E-state index contributed by atoms with van der Waals surface area (Å²) >= 11 is 0. The second-order valence-electron chi connectivity index (χ2n) is 3.77. The quantitative estimate of drug-likeness (QED) is 0.154. The number of amides is 2. The summed E-state index contributed by atoms with van der Waals surface area (Å²) in [6.07, 6.45) is 5.78. The Balaban J connectivity index is 3.93. The second kappa shape index (κ2) is 9.11. The van der Waals surface area contributed by atoms with Crippen LogP contribution in [0.5, 0.6) is 0 Å². The molecule has 6 nitrogen and oxygen atoms in total. The molecule has 0 aliphatic rings. The fourth-order valence-corrected chi connectivity index (χ4v) is 1.53. The molecule has 0 atom stereocenters. The maximum Gasteiger partial charge on any atom is 0.246 e. The number of nitrogens with one attached hydrogen (secondary N) is 2. The lowest BCUT2D eigenvalue weighted by Crippen LogP contribution is -2.45. The number of hydrogen-bond acceptors (Lipinski definition) is 4. The molecule has 0 aliphatic heterocycles. The molecule has 0 aromatic carbocycles. The molecule has 0 rings (SSSR count). The van der Waals surface area contributed by atoms with E-state index in [1.165, 1.54) is 6.42 Å². The highest BCUT2D eigenvalue weighted by Gasteiger charge is 2.24. The van der Waals surface area contributed by atoms with Crippen molar-refractivity contribution in [2.75, 3.05) is 0 Å². The second-order valence-corrected chi connectivity index (χ2v) is 3.77. The van der Waals surface area contributed by atoms with Crippen molar-refractivity contribution in [2.24, 2.45) is 17.6 Å². The molecular formula is C10H22N4O2. The van der Waals surface area contributed by atoms with Crippen LogP contribution in [0.15, 0.2) is 0 Å². The molecule has 0 saturated heterocycles. The topological polar surface area (TPSA) is 110 Å². The number of unbranched alkanes of at least 4 members (excludes halogenated alkanes) is 4. The Hall–Kier alpha value is -1.14. The summed E-state index contributed by atoms with van der Waals surface area (Å²) in [6.45, 7) is 2.13. The van der Waals surface area contributed by atoms with E-state index in [0.717, 1.165) is 25.7 Å². The largest absolute Gasteiger partial charge is 0.294 e. The minimum absolute atomic E-state index is 0.482. The molecule has 0 spiro atoms. The first-order valence-electron chi connectivity index (χ1n) is 5.68. The Morgan fingerprint density at radius 2 is 1.50 bits per heavy atom. The zero-order chi connectivity index (χ0) is 12.4. The predicted molar refractivity (Wildman–Crippen MR) is 61.5 cm³/mol. The molecule has 2 amide bonds. The normalized spacial score (nSPS) is 10.2. The average molecular weight is 230 g/mol. The number of hydrazine groups is 2. The summed E-state index contributed by atoms with van der Waals surface area (Å²) in [4.78, 5) is 22.6. The predicted octanol–water partition coefficient (Wildman–Crippen LogP) is -0.0571. The average Bonchev–Trinajstić information content (AvgIpc) is 2.32. The summed E-state index contributed by atoms with van der Waals surface area (Å²) in [7, 11) is 0. The molecule has 0 aliphatic carbocycles. The van der Waals surface area contributed by atoms with Gasteiger partial charge in [0.2, 0.25) is 11.8 Å². The zero-order valence-corrected chi connectivity index (χ0v) is 9.79. The van der Waals surface area contributed by atoms with E-state index in [2.05, 4.69) is 6.92 Å². The SMILES string of the molecule is CCCCCCCC(C(=O)NN)C(=O)NN. The van der Waals surface area contributed by atoms with Gasteiger partial charge in [0, 0.05) is 0 Å². The van der Waals surface area contributed by atoms with Crippen molar-refractivity contribution in [3.8, 4) is 0 Å². The molecule has 0 heterocycles. The van der Waals surface area contributed by atoms with Crippen LogP contribution in [0.4, 0.5) is 0 Å². The molecule has 0 aromatic rings. The van der Waals surface area contributed by atoms with Gasteiger partial charge in [-0.05, 0) is 6.42 Å². The minimum atomic E-state index is -0.781. The van der Waals surface area contributed by atoms with Gasteiger partial charge >= 0.3 is 0 Å². The van der Waals surface area contributed by atoms with Crippen LogP contribution >= 0.6 is 0 Å². The summed E-state index contributed by atoms with van der Waals surface area (Å²) in [5.74, 6) is 8.24. The van der Waals surface area contributed by atoms with Crippen LogP contribution in [0.25, 0.3) is 0 Å². The van der Waals surface area contributed by atoms with E-state index in [9.17, 15) is 9.59 Å². The molecule has 6 N–H and O–H groups in total. The molecule has 94 valence electrons. The molecule has 0 radical (unpaired) electrons. The summed E-state index contributed by atoms with van der Waals surface area (Å²) in [5, 5.41) is 0. The van der Waals surface area contributed by atoms with Gasteiger partial charge in [0.1, 0.15) is 5.92 Å². The summed E-state index contributed by atoms with van der Waals surface area (Å²) in [5.41, 5.74) is 3.95. The van der Waals surface area contributed by atoms with Crippen molar-refractivity contribution in [3.63, 3.8) is 0 Å². The van der Waals surface area contributed by atoms with Crippen molar-refractivity contribution in [1.29, 1.82) is 0 Å². The lowest BCUT2D eigenvalue weighted by atomic mass is 9.99. The van der Waals surface area contributed by atoms with Crippen LogP contribution < -0.4 is 22.5 Å². The van der Waals surface area contributed by atoms with Crippen LogP contribution in [0, 0.1) is 5.92 Å². The highest BCUT2D eigenvalue weighted by atomic mass is 16.2. The van der Waals surface area contributed by atoms with Crippen LogP contribution in [0.2, 0.25) is 0 Å². The van der Waals surface area contributed by atoms with Gasteiger partial charge in [0.25, 0.3) is 0 Å². The third kappa shape index (κ3) is 5.67. The van der Waals surface area contributed by atoms with Crippen molar-refractivity contribution in [1.82, 2.24) is 10.9 Å². The zero-order valence-electron chi connectivity index (χ0n) is 9.79. The molecule has 0 saturated carbocycles. The Morgan fingerprint density at radius 1 is 1.00 bits per heavy atom. The van der Waals surface area contributed by atoms with E-state index in [1.807, 2.05) is 10.9 Å². The van der Waals surface area contributed by atoms with E-state index in [-0.39, 0.29) is 0 Å². The van der Waals surface area contributed by atoms with Gasteiger partial charge in [-0.1, -0.05) is 39.0 Å². The highest BCUT2D eigenvalue weighted by molar-refractivity contribution is 5.99. The number of rotatable bonds is 8. The van der Waals surface area contributed by atoms with Gasteiger partial charge in [-0.2, -0.15) is 0 Å².